The molecule has 4 bridgehead atoms. The third kappa shape index (κ3) is 0.854. The van der Waals surface area contributed by atoms with Crippen molar-refractivity contribution in [3.8, 4) is 22.3 Å². The van der Waals surface area contributed by atoms with Crippen LogP contribution in [0.2, 0.25) is 0 Å². The quantitative estimate of drug-likeness (QED) is 0.505. The van der Waals surface area contributed by atoms with Crippen LogP contribution in [0.15, 0.2) is 36.4 Å². The van der Waals surface area contributed by atoms with E-state index in [1.54, 1.807) is 24.3 Å². The molecule has 4 rings (SSSR count). The molecule has 14 heavy (non-hydrogen) atoms. The molecule has 0 unspecified atom stereocenters. The molecule has 2 heteroatoms. The zero-order chi connectivity index (χ0) is 9.71. The average molecular weight is 188 g/mol. The maximum Gasteiger partial charge on any atom is 0.131 e. The minimum atomic E-state index is -0.305. The summed E-state index contributed by atoms with van der Waals surface area (Å²) in [4.78, 5) is 0. The Hall–Kier alpha value is -1.70. The predicted molar refractivity (Wildman–Crippen MR) is 50.8 cm³/mol. The van der Waals surface area contributed by atoms with Crippen molar-refractivity contribution in [2.24, 2.45) is 0 Å². The Morgan fingerprint density at radius 1 is 0.643 bits per heavy atom. The number of hydrogen-bond acceptors (Lipinski definition) is 0. The lowest BCUT2D eigenvalue weighted by Gasteiger charge is -1.99. The smallest absolute Gasteiger partial charge is 0.131 e. The van der Waals surface area contributed by atoms with Gasteiger partial charge in [-0.2, -0.15) is 0 Å². The summed E-state index contributed by atoms with van der Waals surface area (Å²) in [6.07, 6.45) is 0. The number of rotatable bonds is 0. The highest BCUT2D eigenvalue weighted by atomic mass is 19.1. The second kappa shape index (κ2) is 2.41. The van der Waals surface area contributed by atoms with Gasteiger partial charge in [0.2, 0.25) is 0 Å². The van der Waals surface area contributed by atoms with Crippen LogP contribution in [0.5, 0.6) is 0 Å². The molecular formula is C12H6F2. The largest absolute Gasteiger partial charge is 0.206 e. The summed E-state index contributed by atoms with van der Waals surface area (Å²) in [5.41, 5.74) is 2.34. The Morgan fingerprint density at radius 3 is 2.14 bits per heavy atom. The van der Waals surface area contributed by atoms with Gasteiger partial charge in [-0.15, -0.1) is 0 Å². The first-order valence-corrected chi connectivity index (χ1v) is 4.35. The normalized spacial score (nSPS) is 11.6. The molecular weight excluding hydrogens is 182 g/mol. The number of hydrogen-bond donors (Lipinski definition) is 0. The highest BCUT2D eigenvalue weighted by molar-refractivity contribution is 5.79. The van der Waals surface area contributed by atoms with Crippen molar-refractivity contribution in [2.75, 3.05) is 0 Å². The van der Waals surface area contributed by atoms with Crippen molar-refractivity contribution in [3.63, 3.8) is 0 Å². The molecule has 2 aliphatic rings. The molecule has 0 radical (unpaired) electrons. The first kappa shape index (κ1) is 7.68. The summed E-state index contributed by atoms with van der Waals surface area (Å²) >= 11 is 0. The first-order chi connectivity index (χ1) is 6.75. The molecule has 2 aromatic carbocycles. The summed E-state index contributed by atoms with van der Waals surface area (Å²) in [5.74, 6) is -0.594. The van der Waals surface area contributed by atoms with Gasteiger partial charge in [-0.3, -0.25) is 0 Å². The van der Waals surface area contributed by atoms with Crippen LogP contribution in [0.1, 0.15) is 0 Å². The lowest BCUT2D eigenvalue weighted by molar-refractivity contribution is 0.630. The minimum Gasteiger partial charge on any atom is -0.206 e. The lowest BCUT2D eigenvalue weighted by atomic mass is 10.1. The third-order valence-corrected chi connectivity index (χ3v) is 2.56. The topological polar surface area (TPSA) is 0 Å². The molecule has 0 saturated heterocycles. The van der Waals surface area contributed by atoms with Gasteiger partial charge in [0.05, 0.1) is 0 Å². The first-order valence-electron chi connectivity index (χ1n) is 4.35. The highest BCUT2D eigenvalue weighted by Crippen LogP contribution is 2.35. The van der Waals surface area contributed by atoms with Gasteiger partial charge in [0.25, 0.3) is 0 Å². The maximum atomic E-state index is 13.4. The van der Waals surface area contributed by atoms with Gasteiger partial charge in [-0.1, -0.05) is 18.2 Å². The van der Waals surface area contributed by atoms with Gasteiger partial charge in [-0.25, -0.2) is 8.78 Å². The fourth-order valence-corrected chi connectivity index (χ4v) is 1.83. The number of benzene rings is 2. The van der Waals surface area contributed by atoms with Crippen LogP contribution in [0.3, 0.4) is 0 Å². The lowest BCUT2D eigenvalue weighted by Crippen LogP contribution is -1.80. The van der Waals surface area contributed by atoms with Crippen LogP contribution in [-0.2, 0) is 0 Å². The Bertz CT molecular complexity index is 529. The van der Waals surface area contributed by atoms with Crippen molar-refractivity contribution in [1.29, 1.82) is 0 Å². The number of halogens is 2. The average Bonchev–Trinajstić information content (AvgIpc) is 2.38. The van der Waals surface area contributed by atoms with Crippen LogP contribution in [-0.4, -0.2) is 0 Å². The minimum absolute atomic E-state index is 0.289. The van der Waals surface area contributed by atoms with Gasteiger partial charge in [0, 0.05) is 11.1 Å². The van der Waals surface area contributed by atoms with E-state index in [1.807, 2.05) is 0 Å². The van der Waals surface area contributed by atoms with Crippen LogP contribution >= 0.6 is 0 Å². The van der Waals surface area contributed by atoms with Crippen molar-refractivity contribution >= 4 is 0 Å². The second-order valence-corrected chi connectivity index (χ2v) is 3.39. The molecule has 0 N–H and O–H groups in total. The van der Waals surface area contributed by atoms with E-state index < -0.39 is 0 Å². The molecule has 0 saturated carbocycles. The molecule has 0 atom stereocenters. The summed E-state index contributed by atoms with van der Waals surface area (Å²) in [5, 5.41) is 0. The highest BCUT2D eigenvalue weighted by Gasteiger charge is 2.16. The Morgan fingerprint density at radius 2 is 1.36 bits per heavy atom. The zero-order valence-corrected chi connectivity index (χ0v) is 7.22. The van der Waals surface area contributed by atoms with Crippen molar-refractivity contribution in [1.82, 2.24) is 0 Å². The Kier molecular flexibility index (Phi) is 1.32. The van der Waals surface area contributed by atoms with Crippen molar-refractivity contribution in [2.45, 2.75) is 0 Å². The summed E-state index contributed by atoms with van der Waals surface area (Å²) < 4.78 is 26.8. The predicted octanol–water partition coefficient (Wildman–Crippen LogP) is 3.61. The van der Waals surface area contributed by atoms with Gasteiger partial charge in [0.15, 0.2) is 0 Å². The van der Waals surface area contributed by atoms with E-state index in [0.717, 1.165) is 5.56 Å². The third-order valence-electron chi connectivity index (χ3n) is 2.56. The van der Waals surface area contributed by atoms with Crippen LogP contribution in [0.25, 0.3) is 22.3 Å². The van der Waals surface area contributed by atoms with E-state index in [2.05, 4.69) is 0 Å². The Balaban J connectivity index is 2.51. The molecule has 0 amide bonds. The van der Waals surface area contributed by atoms with E-state index in [1.165, 1.54) is 12.1 Å². The second-order valence-electron chi connectivity index (χ2n) is 3.39. The molecule has 0 aromatic heterocycles. The number of fused-ring (bicyclic) bond motifs is 2. The van der Waals surface area contributed by atoms with Crippen LogP contribution in [0.4, 0.5) is 8.78 Å². The van der Waals surface area contributed by atoms with Crippen LogP contribution < -0.4 is 0 Å². The van der Waals surface area contributed by atoms with Crippen molar-refractivity contribution < 1.29 is 8.78 Å². The van der Waals surface area contributed by atoms with Gasteiger partial charge < -0.3 is 0 Å². The van der Waals surface area contributed by atoms with Gasteiger partial charge in [-0.05, 0) is 29.3 Å². The summed E-state index contributed by atoms with van der Waals surface area (Å²) in [6.45, 7) is 0. The molecule has 0 heterocycles. The molecule has 0 nitrogen and oxygen atoms in total. The fourth-order valence-electron chi connectivity index (χ4n) is 1.83. The van der Waals surface area contributed by atoms with E-state index in [9.17, 15) is 8.78 Å². The molecule has 0 fully saturated rings. The van der Waals surface area contributed by atoms with E-state index in [0.29, 0.717) is 16.7 Å². The van der Waals surface area contributed by atoms with E-state index in [-0.39, 0.29) is 11.6 Å². The maximum absolute atomic E-state index is 13.4. The van der Waals surface area contributed by atoms with E-state index >= 15 is 0 Å². The summed E-state index contributed by atoms with van der Waals surface area (Å²) in [7, 11) is 0. The molecule has 2 aromatic rings. The van der Waals surface area contributed by atoms with Crippen molar-refractivity contribution in [3.05, 3.63) is 48.0 Å². The van der Waals surface area contributed by atoms with Crippen LogP contribution in [0, 0.1) is 11.6 Å². The molecule has 2 aliphatic carbocycles. The SMILES string of the molecule is Fc1cc2ccc1-c1ccc(F)c-2c1. The monoisotopic (exact) mass is 188 g/mol. The fraction of sp³-hybridized carbons (Fsp3) is 0. The molecule has 0 aliphatic heterocycles. The van der Waals surface area contributed by atoms with Gasteiger partial charge in [0.1, 0.15) is 11.6 Å². The standard InChI is InChI=1S/C12H6F2/c13-11-4-2-7-5-10(11)8-1-3-9(7)12(14)6-8/h1-6H. The summed E-state index contributed by atoms with van der Waals surface area (Å²) in [6, 6.07) is 9.46. The molecule has 68 valence electrons. The van der Waals surface area contributed by atoms with E-state index in [4.69, 9.17) is 0 Å². The zero-order valence-electron chi connectivity index (χ0n) is 7.22. The Labute approximate surface area is 79.8 Å². The molecule has 0 spiro atoms. The van der Waals surface area contributed by atoms with Gasteiger partial charge >= 0.3 is 0 Å².